The molecule has 2 aromatic rings. The summed E-state index contributed by atoms with van der Waals surface area (Å²) in [6.07, 6.45) is 4.32. The van der Waals surface area contributed by atoms with Crippen LogP contribution in [0.4, 0.5) is 0 Å². The first-order chi connectivity index (χ1) is 27.8. The predicted octanol–water partition coefficient (Wildman–Crippen LogP) is -0.491. The first-order valence-corrected chi connectivity index (χ1v) is 21.7. The molecular weight excluding hydrogens is 835 g/mol. The van der Waals surface area contributed by atoms with Gasteiger partial charge in [-0.15, -0.1) is 11.8 Å². The number of hydrogen-bond acceptors (Lipinski definition) is 17. The Kier molecular flexibility index (Phi) is 21.7. The van der Waals surface area contributed by atoms with Gasteiger partial charge in [-0.2, -0.15) is 20.2 Å². The molecule has 0 aliphatic heterocycles. The molecule has 20 nitrogen and oxygen atoms in total. The summed E-state index contributed by atoms with van der Waals surface area (Å²) >= 11 is 2.45. The van der Waals surface area contributed by atoms with Crippen LogP contribution in [0.2, 0.25) is 0 Å². The van der Waals surface area contributed by atoms with Crippen LogP contribution < -0.4 is 27.0 Å². The van der Waals surface area contributed by atoms with E-state index in [4.69, 9.17) is 15.0 Å². The summed E-state index contributed by atoms with van der Waals surface area (Å²) in [7, 11) is 1.55. The number of esters is 2. The fourth-order valence-corrected chi connectivity index (χ4v) is 7.37. The highest BCUT2D eigenvalue weighted by Gasteiger charge is 2.29. The summed E-state index contributed by atoms with van der Waals surface area (Å²) in [4.78, 5) is 82.9. The number of hydrogen-bond donors (Lipinski definition) is 8. The van der Waals surface area contributed by atoms with E-state index < -0.39 is 81.4 Å². The van der Waals surface area contributed by atoms with Gasteiger partial charge >= 0.3 is 11.9 Å². The molecule has 0 unspecified atom stereocenters. The van der Waals surface area contributed by atoms with Crippen LogP contribution in [-0.4, -0.2) is 157 Å². The van der Waals surface area contributed by atoms with E-state index in [1.165, 1.54) is 61.5 Å². The number of rotatable bonds is 25. The number of aromatic nitrogens is 1. The maximum Gasteiger partial charge on any atom is 0.339 e. The van der Waals surface area contributed by atoms with Crippen LogP contribution >= 0.6 is 23.5 Å². The number of thioether (sulfide) groups is 2. The van der Waals surface area contributed by atoms with Crippen LogP contribution in [0.5, 0.6) is 11.5 Å². The number of aromatic hydroxyl groups is 2. The molecule has 59 heavy (non-hydrogen) atoms. The van der Waals surface area contributed by atoms with Crippen LogP contribution in [0.25, 0.3) is 6.08 Å². The third-order valence-corrected chi connectivity index (χ3v) is 10.8. The second-order valence-electron chi connectivity index (χ2n) is 13.0. The van der Waals surface area contributed by atoms with E-state index in [1.807, 2.05) is 19.0 Å². The fraction of sp³-hybridized carbons (Fsp3) is 0.472. The van der Waals surface area contributed by atoms with Crippen LogP contribution in [0.15, 0.2) is 47.6 Å². The lowest BCUT2D eigenvalue weighted by Crippen LogP contribution is -2.54. The normalized spacial score (nSPS) is 13.5. The first-order valence-electron chi connectivity index (χ1n) is 17.9. The van der Waals surface area contributed by atoms with Crippen molar-refractivity contribution in [2.75, 3.05) is 64.4 Å². The van der Waals surface area contributed by atoms with Crippen molar-refractivity contribution in [2.45, 2.75) is 48.5 Å². The molecule has 4 amide bonds. The number of unbranched alkanes of at least 4 members (excludes halogenated alkanes) is 1. The first kappa shape index (κ1) is 50.2. The molecule has 2 rings (SSSR count). The van der Waals surface area contributed by atoms with E-state index in [0.29, 0.717) is 22.9 Å². The molecule has 1 heterocycles. The minimum atomic E-state index is -4.56. The Balaban J connectivity index is 2.15. The molecule has 1 aromatic carbocycles. The van der Waals surface area contributed by atoms with Crippen molar-refractivity contribution < 1.29 is 61.4 Å². The number of nitrogens with two attached hydrogens (primary N) is 1. The zero-order valence-electron chi connectivity index (χ0n) is 32.9. The van der Waals surface area contributed by atoms with Gasteiger partial charge in [0.1, 0.15) is 24.2 Å². The molecule has 0 aliphatic rings. The summed E-state index contributed by atoms with van der Waals surface area (Å²) in [6.45, 7) is 0.750. The standard InChI is InChI=1S/C36H51N7O13S3/c1-43(2)15-16-57-19-26(41-32(47)24(37)21-59(52,53)54)33(48)38-14-6-5-7-25(40-30(46)12-9-22-8-11-28(44)29(45)17-22)34(49)42-27(36(51)56-4)20-58-31-13-10-23(18-39-31)35(50)55-3/h8-13,17-18,24-27,44-45H,5-7,14-16,19-21,37H2,1-4H3,(H,38,48)(H,40,46)(H,41,47)(H,42,49)(H,52,53,54)/b12-9+/t24-,25-,26-,27-/m0/s1. The molecule has 23 heteroatoms. The van der Waals surface area contributed by atoms with Crippen LogP contribution in [0, 0.1) is 0 Å². The smallest absolute Gasteiger partial charge is 0.339 e. The zero-order valence-corrected chi connectivity index (χ0v) is 35.4. The molecule has 0 saturated carbocycles. The average Bonchev–Trinajstić information content (AvgIpc) is 3.18. The van der Waals surface area contributed by atoms with Crippen LogP contribution in [0.3, 0.4) is 0 Å². The Hall–Kier alpha value is -4.94. The lowest BCUT2D eigenvalue weighted by Gasteiger charge is -2.22. The van der Waals surface area contributed by atoms with Gasteiger partial charge in [0, 0.05) is 42.6 Å². The van der Waals surface area contributed by atoms with Crippen molar-refractivity contribution in [3.8, 4) is 11.5 Å². The van der Waals surface area contributed by atoms with Crippen molar-refractivity contribution in [1.29, 1.82) is 0 Å². The largest absolute Gasteiger partial charge is 0.504 e. The number of phenolic OH excluding ortho intramolecular Hbond substituents is 2. The van der Waals surface area contributed by atoms with Gasteiger partial charge in [0.15, 0.2) is 11.5 Å². The monoisotopic (exact) mass is 885 g/mol. The summed E-state index contributed by atoms with van der Waals surface area (Å²) in [5.74, 6) is -5.43. The van der Waals surface area contributed by atoms with Crippen molar-refractivity contribution in [2.24, 2.45) is 5.73 Å². The second kappa shape index (κ2) is 25.5. The van der Waals surface area contributed by atoms with Gasteiger partial charge in [0.25, 0.3) is 10.1 Å². The molecule has 0 saturated heterocycles. The SMILES string of the molecule is COC(=O)c1ccc(SC[C@H](NC(=O)[C@H](CCCCNC(=O)[C@H](CSCCN(C)C)NC(=O)[C@@H](N)CS(=O)(=O)O)NC(=O)/C=C/c2ccc(O)c(O)c2)C(=O)OC)nc1. The Morgan fingerprint density at radius 2 is 1.61 bits per heavy atom. The van der Waals surface area contributed by atoms with Gasteiger partial charge in [-0.3, -0.25) is 23.7 Å². The number of benzene rings is 1. The molecule has 0 bridgehead atoms. The van der Waals surface area contributed by atoms with E-state index in [1.54, 1.807) is 0 Å². The number of nitrogens with zero attached hydrogens (tertiary/aromatic N) is 2. The van der Waals surface area contributed by atoms with E-state index >= 15 is 0 Å². The summed E-state index contributed by atoms with van der Waals surface area (Å²) in [6, 6.07) is 1.80. The number of pyridine rings is 1. The molecule has 326 valence electrons. The third kappa shape index (κ3) is 19.6. The van der Waals surface area contributed by atoms with Gasteiger partial charge in [0.05, 0.1) is 30.6 Å². The average molecular weight is 886 g/mol. The topological polar surface area (TPSA) is 306 Å². The molecule has 0 fully saturated rings. The van der Waals surface area contributed by atoms with E-state index in [0.717, 1.165) is 24.9 Å². The number of ether oxygens (including phenoxy) is 2. The van der Waals surface area contributed by atoms with Crippen molar-refractivity contribution >= 4 is 75.3 Å². The lowest BCUT2D eigenvalue weighted by molar-refractivity contribution is -0.144. The highest BCUT2D eigenvalue weighted by molar-refractivity contribution is 7.99. The maximum atomic E-state index is 13.6. The van der Waals surface area contributed by atoms with Gasteiger partial charge < -0.3 is 51.6 Å². The summed E-state index contributed by atoms with van der Waals surface area (Å²) in [5.41, 5.74) is 6.20. The number of amides is 4. The number of methoxy groups -OCH3 is 2. The highest BCUT2D eigenvalue weighted by Crippen LogP contribution is 2.25. The molecule has 0 aliphatic carbocycles. The number of nitrogens with one attached hydrogen (secondary N) is 4. The minimum absolute atomic E-state index is 0.0316. The Labute approximate surface area is 350 Å². The quantitative estimate of drug-likeness (QED) is 0.0156. The molecule has 9 N–H and O–H groups in total. The number of carbonyl (C=O) groups is 6. The van der Waals surface area contributed by atoms with E-state index in [9.17, 15) is 47.4 Å². The number of phenols is 2. The minimum Gasteiger partial charge on any atom is -0.504 e. The molecule has 0 radical (unpaired) electrons. The van der Waals surface area contributed by atoms with Crippen molar-refractivity contribution in [1.82, 2.24) is 31.2 Å². The van der Waals surface area contributed by atoms with Gasteiger partial charge in [-0.25, -0.2) is 14.6 Å². The molecular formula is C36H51N7O13S3. The molecule has 1 aromatic heterocycles. The highest BCUT2D eigenvalue weighted by atomic mass is 32.2. The Bertz CT molecular complexity index is 1880. The molecule has 4 atom stereocenters. The van der Waals surface area contributed by atoms with Gasteiger partial charge in [-0.05, 0) is 69.3 Å². The Morgan fingerprint density at radius 1 is 0.898 bits per heavy atom. The molecule has 0 spiro atoms. The fourth-order valence-electron chi connectivity index (χ4n) is 4.78. The van der Waals surface area contributed by atoms with Crippen LogP contribution in [-0.2, 0) is 43.6 Å². The van der Waals surface area contributed by atoms with Crippen LogP contribution in [0.1, 0.15) is 35.2 Å². The van der Waals surface area contributed by atoms with Crippen molar-refractivity contribution in [3.05, 3.63) is 53.7 Å². The van der Waals surface area contributed by atoms with Gasteiger partial charge in [-0.1, -0.05) is 6.07 Å². The number of carbonyl (C=O) groups excluding carboxylic acids is 6. The maximum absolute atomic E-state index is 13.6. The lowest BCUT2D eigenvalue weighted by atomic mass is 10.1. The van der Waals surface area contributed by atoms with E-state index in [-0.39, 0.29) is 48.6 Å². The third-order valence-electron chi connectivity index (χ3n) is 7.96. The van der Waals surface area contributed by atoms with Gasteiger partial charge in [0.2, 0.25) is 23.6 Å². The summed E-state index contributed by atoms with van der Waals surface area (Å²) < 4.78 is 41.1. The summed E-state index contributed by atoms with van der Waals surface area (Å²) in [5, 5.41) is 30.1. The predicted molar refractivity (Wildman–Crippen MR) is 220 cm³/mol. The van der Waals surface area contributed by atoms with Crippen molar-refractivity contribution in [3.63, 3.8) is 0 Å². The second-order valence-corrected chi connectivity index (χ2v) is 16.7. The van der Waals surface area contributed by atoms with E-state index in [2.05, 4.69) is 31.0 Å². The zero-order chi connectivity index (χ0) is 44.1. The Morgan fingerprint density at radius 3 is 2.22 bits per heavy atom.